The SMILES string of the molecule is C=CC(=O)N1CCC2(C1)CN(c1ccc(F)c(-c3c(C)ccc4[nH]ncc34)c1C#N)C2. The number of aromatic amines is 1. The van der Waals surface area contributed by atoms with Gasteiger partial charge < -0.3 is 9.80 Å². The predicted molar refractivity (Wildman–Crippen MR) is 117 cm³/mol. The van der Waals surface area contributed by atoms with Crippen LogP contribution in [0.4, 0.5) is 10.1 Å². The largest absolute Gasteiger partial charge is 0.369 e. The normalized spacial score (nSPS) is 17.1. The first-order valence-corrected chi connectivity index (χ1v) is 10.3. The second-order valence-corrected chi connectivity index (χ2v) is 8.59. The molecule has 2 aliphatic rings. The molecule has 1 N–H and O–H groups in total. The Hall–Kier alpha value is -3.66. The molecular weight excluding hydrogens is 393 g/mol. The number of nitriles is 1. The van der Waals surface area contributed by atoms with Gasteiger partial charge in [0.15, 0.2) is 0 Å². The van der Waals surface area contributed by atoms with E-state index in [9.17, 15) is 10.1 Å². The average molecular weight is 415 g/mol. The number of aromatic nitrogens is 2. The minimum atomic E-state index is -0.420. The molecule has 0 unspecified atom stereocenters. The van der Waals surface area contributed by atoms with Crippen molar-refractivity contribution in [3.05, 3.63) is 60.1 Å². The van der Waals surface area contributed by atoms with Gasteiger partial charge in [0.2, 0.25) is 5.91 Å². The van der Waals surface area contributed by atoms with E-state index in [1.807, 2.05) is 24.0 Å². The van der Waals surface area contributed by atoms with Crippen LogP contribution in [0.25, 0.3) is 22.0 Å². The van der Waals surface area contributed by atoms with Crippen LogP contribution in [0.1, 0.15) is 17.5 Å². The van der Waals surface area contributed by atoms with Gasteiger partial charge in [-0.25, -0.2) is 4.39 Å². The number of likely N-dealkylation sites (tertiary alicyclic amines) is 1. The summed E-state index contributed by atoms with van der Waals surface area (Å²) < 4.78 is 15.1. The molecule has 2 aromatic carbocycles. The lowest BCUT2D eigenvalue weighted by molar-refractivity contribution is -0.125. The number of anilines is 1. The van der Waals surface area contributed by atoms with Crippen LogP contribution in [-0.2, 0) is 4.79 Å². The molecule has 2 aliphatic heterocycles. The van der Waals surface area contributed by atoms with Crippen molar-refractivity contribution in [3.8, 4) is 17.2 Å². The number of hydrogen-bond donors (Lipinski definition) is 1. The minimum Gasteiger partial charge on any atom is -0.369 e. The molecular formula is C24H22FN5O. The number of aryl methyl sites for hydroxylation is 1. The van der Waals surface area contributed by atoms with E-state index in [1.165, 1.54) is 12.1 Å². The Morgan fingerprint density at radius 2 is 2.10 bits per heavy atom. The highest BCUT2D eigenvalue weighted by atomic mass is 19.1. The van der Waals surface area contributed by atoms with Crippen molar-refractivity contribution in [1.29, 1.82) is 5.26 Å². The lowest BCUT2D eigenvalue weighted by atomic mass is 9.78. The van der Waals surface area contributed by atoms with E-state index in [-0.39, 0.29) is 11.3 Å². The van der Waals surface area contributed by atoms with Crippen molar-refractivity contribution >= 4 is 22.5 Å². The maximum Gasteiger partial charge on any atom is 0.245 e. The van der Waals surface area contributed by atoms with E-state index >= 15 is 4.39 Å². The fraction of sp³-hybridized carbons (Fsp3) is 0.292. The van der Waals surface area contributed by atoms with E-state index in [4.69, 9.17) is 0 Å². The Morgan fingerprint density at radius 1 is 1.29 bits per heavy atom. The molecule has 3 aromatic rings. The molecule has 0 saturated carbocycles. The molecule has 2 fully saturated rings. The zero-order chi connectivity index (χ0) is 21.8. The molecule has 31 heavy (non-hydrogen) atoms. The summed E-state index contributed by atoms with van der Waals surface area (Å²) >= 11 is 0. The lowest BCUT2D eigenvalue weighted by Crippen LogP contribution is -2.58. The highest BCUT2D eigenvalue weighted by Crippen LogP contribution is 2.45. The number of nitrogens with zero attached hydrogens (tertiary/aromatic N) is 4. The molecule has 3 heterocycles. The highest BCUT2D eigenvalue weighted by molar-refractivity contribution is 5.99. The summed E-state index contributed by atoms with van der Waals surface area (Å²) in [6.45, 7) is 8.38. The molecule has 2 saturated heterocycles. The van der Waals surface area contributed by atoms with Crippen LogP contribution >= 0.6 is 0 Å². The fourth-order valence-corrected chi connectivity index (χ4v) is 5.09. The van der Waals surface area contributed by atoms with Gasteiger partial charge in [0, 0.05) is 42.5 Å². The van der Waals surface area contributed by atoms with Crippen LogP contribution in [0.2, 0.25) is 0 Å². The third-order valence-corrected chi connectivity index (χ3v) is 6.64. The second kappa shape index (κ2) is 6.95. The van der Waals surface area contributed by atoms with Crippen molar-refractivity contribution in [2.24, 2.45) is 5.41 Å². The Morgan fingerprint density at radius 3 is 2.84 bits per heavy atom. The van der Waals surface area contributed by atoms with Crippen LogP contribution < -0.4 is 4.90 Å². The molecule has 7 heteroatoms. The fourth-order valence-electron chi connectivity index (χ4n) is 5.09. The van der Waals surface area contributed by atoms with E-state index in [1.54, 1.807) is 12.3 Å². The molecule has 156 valence electrons. The first-order valence-electron chi connectivity index (χ1n) is 10.3. The first-order chi connectivity index (χ1) is 15.0. The number of carbonyl (C=O) groups is 1. The Labute approximate surface area is 179 Å². The van der Waals surface area contributed by atoms with Crippen LogP contribution in [0.3, 0.4) is 0 Å². The van der Waals surface area contributed by atoms with E-state index in [0.29, 0.717) is 23.2 Å². The van der Waals surface area contributed by atoms with E-state index < -0.39 is 5.82 Å². The Kier molecular flexibility index (Phi) is 4.33. The lowest BCUT2D eigenvalue weighted by Gasteiger charge is -2.49. The average Bonchev–Trinajstić information content (AvgIpc) is 3.40. The van der Waals surface area contributed by atoms with Crippen molar-refractivity contribution in [1.82, 2.24) is 15.1 Å². The van der Waals surface area contributed by atoms with Crippen molar-refractivity contribution in [3.63, 3.8) is 0 Å². The third-order valence-electron chi connectivity index (χ3n) is 6.64. The number of benzene rings is 2. The number of carbonyl (C=O) groups excluding carboxylic acids is 1. The number of nitrogens with one attached hydrogen (secondary N) is 1. The van der Waals surface area contributed by atoms with Gasteiger partial charge in [0.25, 0.3) is 0 Å². The third kappa shape index (κ3) is 2.90. The molecule has 1 amide bonds. The maximum atomic E-state index is 15.1. The summed E-state index contributed by atoms with van der Waals surface area (Å²) in [4.78, 5) is 15.9. The van der Waals surface area contributed by atoms with Crippen molar-refractivity contribution < 1.29 is 9.18 Å². The molecule has 0 bridgehead atoms. The summed E-state index contributed by atoms with van der Waals surface area (Å²) in [6.07, 6.45) is 3.95. The monoisotopic (exact) mass is 415 g/mol. The molecule has 6 nitrogen and oxygen atoms in total. The predicted octanol–water partition coefficient (Wildman–Crippen LogP) is 3.77. The van der Waals surface area contributed by atoms with Gasteiger partial charge in [-0.05, 0) is 48.7 Å². The molecule has 1 spiro atoms. The van der Waals surface area contributed by atoms with Crippen LogP contribution in [0.15, 0.2) is 43.1 Å². The minimum absolute atomic E-state index is 0.0282. The molecule has 1 aromatic heterocycles. The van der Waals surface area contributed by atoms with Crippen LogP contribution in [0, 0.1) is 29.5 Å². The molecule has 5 rings (SSSR count). The summed E-state index contributed by atoms with van der Waals surface area (Å²) in [7, 11) is 0. The second-order valence-electron chi connectivity index (χ2n) is 8.59. The zero-order valence-electron chi connectivity index (χ0n) is 17.3. The first kappa shape index (κ1) is 19.3. The van der Waals surface area contributed by atoms with E-state index in [0.717, 1.165) is 48.2 Å². The summed E-state index contributed by atoms with van der Waals surface area (Å²) in [5, 5.41) is 17.8. The number of H-pyrrole nitrogens is 1. The molecule has 0 aliphatic carbocycles. The topological polar surface area (TPSA) is 76.0 Å². The standard InChI is InChI=1S/C24H22FN5O/c1-3-21(31)29-9-8-24(12-29)13-30(14-24)20-7-5-18(25)23(16(20)10-26)22-15(2)4-6-19-17(22)11-27-28-19/h3-7,11H,1,8-9,12-14H2,2H3,(H,27,28). The van der Waals surface area contributed by atoms with Crippen LogP contribution in [-0.4, -0.2) is 47.2 Å². The Bertz CT molecular complexity index is 1260. The van der Waals surface area contributed by atoms with Gasteiger partial charge in [0.05, 0.1) is 23.0 Å². The number of fused-ring (bicyclic) bond motifs is 1. The van der Waals surface area contributed by atoms with Crippen LogP contribution in [0.5, 0.6) is 0 Å². The van der Waals surface area contributed by atoms with Gasteiger partial charge in [-0.2, -0.15) is 10.4 Å². The number of halogens is 1. The zero-order valence-corrected chi connectivity index (χ0v) is 17.3. The van der Waals surface area contributed by atoms with Crippen molar-refractivity contribution in [2.75, 3.05) is 31.1 Å². The number of rotatable bonds is 3. The summed E-state index contributed by atoms with van der Waals surface area (Å²) in [5.41, 5.74) is 3.80. The maximum absolute atomic E-state index is 15.1. The van der Waals surface area contributed by atoms with Gasteiger partial charge >= 0.3 is 0 Å². The van der Waals surface area contributed by atoms with Gasteiger partial charge in [0.1, 0.15) is 11.9 Å². The smallest absolute Gasteiger partial charge is 0.245 e. The van der Waals surface area contributed by atoms with Gasteiger partial charge in [-0.15, -0.1) is 0 Å². The van der Waals surface area contributed by atoms with Gasteiger partial charge in [-0.1, -0.05) is 12.6 Å². The quantitative estimate of drug-likeness (QED) is 0.661. The molecule has 0 radical (unpaired) electrons. The summed E-state index contributed by atoms with van der Waals surface area (Å²) in [6, 6.07) is 9.21. The summed E-state index contributed by atoms with van der Waals surface area (Å²) in [5.74, 6) is -0.461. The van der Waals surface area contributed by atoms with Gasteiger partial charge in [-0.3, -0.25) is 9.89 Å². The molecule has 0 atom stereocenters. The number of amides is 1. The Balaban J connectivity index is 1.53. The number of hydrogen-bond acceptors (Lipinski definition) is 4. The van der Waals surface area contributed by atoms with Crippen molar-refractivity contribution in [2.45, 2.75) is 13.3 Å². The van der Waals surface area contributed by atoms with E-state index in [2.05, 4.69) is 27.7 Å². The highest BCUT2D eigenvalue weighted by Gasteiger charge is 2.49.